The second kappa shape index (κ2) is 31.2. The molecular formula is C58H79N5O5. The van der Waals surface area contributed by atoms with E-state index in [2.05, 4.69) is 48.3 Å². The van der Waals surface area contributed by atoms with E-state index in [-0.39, 0.29) is 23.2 Å². The number of nitrogens with two attached hydrogens (primary N) is 1. The number of hydrogen-bond acceptors (Lipinski definition) is 7. The van der Waals surface area contributed by atoms with E-state index in [4.69, 9.17) is 10.8 Å². The molecule has 4 aromatic rings. The fourth-order valence-electron chi connectivity index (χ4n) is 8.32. The number of nitrogens with zero attached hydrogens (tertiary/aromatic N) is 4. The Labute approximate surface area is 407 Å². The summed E-state index contributed by atoms with van der Waals surface area (Å²) in [5.41, 5.74) is 13.6. The first-order valence-corrected chi connectivity index (χ1v) is 25.6. The maximum atomic E-state index is 12.8. The highest BCUT2D eigenvalue weighted by atomic mass is 16.4. The molecule has 0 spiro atoms. The molecule has 2 amide bonds. The number of carbonyl (C=O) groups is 4. The SMILES string of the molecule is CC1=NN(c2ccc(C(=O)O)cc2)C(=O)C1.CCCCCCCCCCCCc1ccc(C(=O)c2ccc(N3N=C(C)CC3=O)cc2)cc1.CCCCCCCCCCCCc1ccc(N)cc1. The van der Waals surface area contributed by atoms with E-state index >= 15 is 0 Å². The molecule has 0 saturated heterocycles. The molecule has 366 valence electrons. The van der Waals surface area contributed by atoms with Gasteiger partial charge in [0.25, 0.3) is 11.8 Å². The van der Waals surface area contributed by atoms with Crippen molar-refractivity contribution in [3.05, 3.63) is 125 Å². The van der Waals surface area contributed by atoms with E-state index in [1.54, 1.807) is 43.3 Å². The number of carboxylic acids is 1. The van der Waals surface area contributed by atoms with Crippen LogP contribution in [0.1, 0.15) is 206 Å². The lowest BCUT2D eigenvalue weighted by Crippen LogP contribution is -2.19. The Morgan fingerprint density at radius 1 is 0.471 bits per heavy atom. The molecule has 10 heteroatoms. The van der Waals surface area contributed by atoms with Gasteiger partial charge in [-0.1, -0.05) is 166 Å². The highest BCUT2D eigenvalue weighted by Crippen LogP contribution is 2.24. The van der Waals surface area contributed by atoms with E-state index in [0.29, 0.717) is 35.3 Å². The summed E-state index contributed by atoms with van der Waals surface area (Å²) in [4.78, 5) is 47.0. The minimum atomic E-state index is -0.987. The molecule has 2 heterocycles. The minimum absolute atomic E-state index is 0.000494. The van der Waals surface area contributed by atoms with Gasteiger partial charge in [-0.2, -0.15) is 10.2 Å². The molecule has 0 aliphatic carbocycles. The first kappa shape index (κ1) is 54.7. The number of ketones is 1. The standard InChI is InChI=1S/C29H38N2O2.C18H31N.C11H10N2O3/c1-3-4-5-6-7-8-9-10-11-12-13-24-14-16-25(17-15-24)29(33)26-18-20-27(21-19-26)31-28(32)22-23(2)30-31;1-2-3-4-5-6-7-8-9-10-11-12-17-13-15-18(19)16-14-17;1-7-6-10(14)13(12-7)9-4-2-8(3-5-9)11(15)16/h14-21H,3-13,22H2,1-2H3;13-16H,2-12,19H2,1H3;2-5H,6H2,1H3,(H,15,16). The van der Waals surface area contributed by atoms with E-state index in [1.807, 2.05) is 31.2 Å². The maximum absolute atomic E-state index is 12.8. The van der Waals surface area contributed by atoms with Gasteiger partial charge in [-0.15, -0.1) is 0 Å². The summed E-state index contributed by atoms with van der Waals surface area (Å²) in [7, 11) is 0. The number of hydrogen-bond donors (Lipinski definition) is 2. The van der Waals surface area contributed by atoms with Crippen LogP contribution in [0.25, 0.3) is 0 Å². The van der Waals surface area contributed by atoms with Crippen molar-refractivity contribution in [1.29, 1.82) is 0 Å². The zero-order valence-electron chi connectivity index (χ0n) is 41.7. The van der Waals surface area contributed by atoms with Gasteiger partial charge < -0.3 is 10.8 Å². The van der Waals surface area contributed by atoms with Crippen LogP contribution in [-0.4, -0.2) is 40.1 Å². The summed E-state index contributed by atoms with van der Waals surface area (Å²) in [6.07, 6.45) is 30.4. The van der Waals surface area contributed by atoms with Crippen molar-refractivity contribution in [1.82, 2.24) is 0 Å². The number of carboxylic acid groups (broad SMARTS) is 1. The second-order valence-corrected chi connectivity index (χ2v) is 18.5. The molecule has 0 bridgehead atoms. The molecule has 10 nitrogen and oxygen atoms in total. The number of carbonyl (C=O) groups excluding carboxylic acids is 3. The first-order chi connectivity index (χ1) is 33.0. The molecule has 6 rings (SSSR count). The molecule has 0 saturated carbocycles. The van der Waals surface area contributed by atoms with Crippen molar-refractivity contribution in [2.45, 2.75) is 182 Å². The summed E-state index contributed by atoms with van der Waals surface area (Å²) in [6.45, 7) is 8.17. The van der Waals surface area contributed by atoms with Gasteiger partial charge in [0, 0.05) is 28.2 Å². The van der Waals surface area contributed by atoms with E-state index in [1.165, 1.54) is 168 Å². The van der Waals surface area contributed by atoms with Gasteiger partial charge in [-0.25, -0.2) is 14.8 Å². The van der Waals surface area contributed by atoms with Gasteiger partial charge >= 0.3 is 5.97 Å². The number of hydrazone groups is 2. The molecule has 3 N–H and O–H groups in total. The number of rotatable bonds is 27. The number of aromatic carboxylic acids is 1. The van der Waals surface area contributed by atoms with Gasteiger partial charge in [-0.05, 0) is 111 Å². The fraction of sp³-hybridized carbons (Fsp3) is 0.483. The summed E-state index contributed by atoms with van der Waals surface area (Å²) in [5, 5.41) is 19.8. The largest absolute Gasteiger partial charge is 0.478 e. The molecule has 2 aliphatic heterocycles. The molecule has 68 heavy (non-hydrogen) atoms. The van der Waals surface area contributed by atoms with Gasteiger partial charge in [0.05, 0.1) is 29.8 Å². The topological polar surface area (TPSA) is 146 Å². The molecule has 0 fully saturated rings. The van der Waals surface area contributed by atoms with E-state index in [9.17, 15) is 19.2 Å². The Hall–Kier alpha value is -5.90. The fourth-order valence-corrected chi connectivity index (χ4v) is 8.32. The van der Waals surface area contributed by atoms with Crippen LogP contribution in [0.3, 0.4) is 0 Å². The van der Waals surface area contributed by atoms with Crippen LogP contribution in [0.15, 0.2) is 107 Å². The van der Waals surface area contributed by atoms with Crippen LogP contribution in [0, 0.1) is 0 Å². The Kier molecular flexibility index (Phi) is 25.1. The first-order valence-electron chi connectivity index (χ1n) is 25.6. The zero-order valence-corrected chi connectivity index (χ0v) is 41.7. The Bertz CT molecular complexity index is 2180. The Balaban J connectivity index is 0.000000243. The second-order valence-electron chi connectivity index (χ2n) is 18.5. The normalized spacial score (nSPS) is 13.1. The zero-order chi connectivity index (χ0) is 48.9. The summed E-state index contributed by atoms with van der Waals surface area (Å²) in [5.74, 6) is -1.12. The predicted molar refractivity (Wildman–Crippen MR) is 282 cm³/mol. The lowest BCUT2D eigenvalue weighted by molar-refractivity contribution is -0.117. The van der Waals surface area contributed by atoms with Crippen molar-refractivity contribution in [3.63, 3.8) is 0 Å². The monoisotopic (exact) mass is 926 g/mol. The van der Waals surface area contributed by atoms with Gasteiger partial charge in [0.15, 0.2) is 5.78 Å². The van der Waals surface area contributed by atoms with Crippen LogP contribution in [0.2, 0.25) is 0 Å². The van der Waals surface area contributed by atoms with Crippen molar-refractivity contribution in [3.8, 4) is 0 Å². The predicted octanol–water partition coefficient (Wildman–Crippen LogP) is 14.7. The lowest BCUT2D eigenvalue weighted by Gasteiger charge is -2.12. The van der Waals surface area contributed by atoms with Crippen LogP contribution < -0.4 is 15.8 Å². The third kappa shape index (κ3) is 20.1. The highest BCUT2D eigenvalue weighted by Gasteiger charge is 2.24. The average Bonchev–Trinajstić information content (AvgIpc) is 3.88. The third-order valence-electron chi connectivity index (χ3n) is 12.4. The van der Waals surface area contributed by atoms with Crippen LogP contribution in [0.4, 0.5) is 17.1 Å². The van der Waals surface area contributed by atoms with Crippen LogP contribution >= 0.6 is 0 Å². The number of unbranched alkanes of at least 4 members (excludes halogenated alkanes) is 18. The highest BCUT2D eigenvalue weighted by molar-refractivity contribution is 6.13. The van der Waals surface area contributed by atoms with Crippen molar-refractivity contribution < 1.29 is 24.3 Å². The minimum Gasteiger partial charge on any atom is -0.478 e. The van der Waals surface area contributed by atoms with Gasteiger partial charge in [0.2, 0.25) is 0 Å². The molecule has 0 radical (unpaired) electrons. The molecule has 0 aromatic heterocycles. The lowest BCUT2D eigenvalue weighted by atomic mass is 9.99. The number of anilines is 3. The van der Waals surface area contributed by atoms with Crippen LogP contribution in [-0.2, 0) is 22.4 Å². The molecule has 0 atom stereocenters. The van der Waals surface area contributed by atoms with Gasteiger partial charge in [-0.3, -0.25) is 14.4 Å². The van der Waals surface area contributed by atoms with Gasteiger partial charge in [0.1, 0.15) is 0 Å². The number of nitrogen functional groups attached to an aromatic ring is 1. The van der Waals surface area contributed by atoms with Crippen molar-refractivity contribution in [2.24, 2.45) is 10.2 Å². The summed E-state index contributed by atoms with van der Waals surface area (Å²) < 4.78 is 0. The summed E-state index contributed by atoms with van der Waals surface area (Å²) in [6, 6.07) is 29.5. The third-order valence-corrected chi connectivity index (χ3v) is 12.4. The maximum Gasteiger partial charge on any atom is 0.335 e. The van der Waals surface area contributed by atoms with Crippen molar-refractivity contribution >= 4 is 52.1 Å². The van der Waals surface area contributed by atoms with E-state index in [0.717, 1.165) is 23.5 Å². The number of aryl methyl sites for hydroxylation is 2. The van der Waals surface area contributed by atoms with Crippen LogP contribution in [0.5, 0.6) is 0 Å². The van der Waals surface area contributed by atoms with Crippen molar-refractivity contribution in [2.75, 3.05) is 15.8 Å². The molecular weight excluding hydrogens is 847 g/mol. The Morgan fingerprint density at radius 2 is 0.779 bits per heavy atom. The molecule has 4 aromatic carbocycles. The van der Waals surface area contributed by atoms with E-state index < -0.39 is 5.97 Å². The quantitative estimate of drug-likeness (QED) is 0.0346. The molecule has 0 unspecified atom stereocenters. The average molecular weight is 926 g/mol. The Morgan fingerprint density at radius 3 is 1.10 bits per heavy atom. The smallest absolute Gasteiger partial charge is 0.335 e. The number of amides is 2. The molecule has 2 aliphatic rings. The summed E-state index contributed by atoms with van der Waals surface area (Å²) >= 11 is 0. The number of benzene rings is 4.